The smallest absolute Gasteiger partial charge is 0.360 e. The Morgan fingerprint density at radius 2 is 2.21 bits per heavy atom. The predicted molar refractivity (Wildman–Crippen MR) is 68.2 cm³/mol. The summed E-state index contributed by atoms with van der Waals surface area (Å²) in [6, 6.07) is 0. The number of hydrogen-bond donors (Lipinski definition) is 1. The van der Waals surface area contributed by atoms with Crippen LogP contribution in [0.2, 0.25) is 0 Å². The molecular weight excluding hydrogens is 248 g/mol. The molecule has 104 valence electrons. The summed E-state index contributed by atoms with van der Waals surface area (Å²) >= 11 is 0. The number of fused-ring (bicyclic) bond motifs is 1. The van der Waals surface area contributed by atoms with E-state index in [1.165, 1.54) is 11.7 Å². The molecule has 0 aliphatic carbocycles. The van der Waals surface area contributed by atoms with Crippen LogP contribution in [0.1, 0.15) is 42.5 Å². The van der Waals surface area contributed by atoms with E-state index in [0.29, 0.717) is 24.7 Å². The summed E-state index contributed by atoms with van der Waals surface area (Å²) in [6.07, 6.45) is 3.62. The van der Waals surface area contributed by atoms with Crippen LogP contribution in [-0.4, -0.2) is 27.7 Å². The van der Waals surface area contributed by atoms with E-state index in [9.17, 15) is 14.7 Å². The zero-order valence-electron chi connectivity index (χ0n) is 11.2. The van der Waals surface area contributed by atoms with Gasteiger partial charge in [0.2, 0.25) is 5.75 Å². The molecule has 2 heterocycles. The van der Waals surface area contributed by atoms with Gasteiger partial charge in [0.25, 0.3) is 5.56 Å². The Morgan fingerprint density at radius 1 is 1.47 bits per heavy atom. The molecule has 2 rings (SSSR count). The number of carbonyl (C=O) groups excluding carboxylic acids is 1. The Bertz CT molecular complexity index is 550. The summed E-state index contributed by atoms with van der Waals surface area (Å²) in [7, 11) is 1.19. The van der Waals surface area contributed by atoms with Gasteiger partial charge in [-0.05, 0) is 12.3 Å². The summed E-state index contributed by atoms with van der Waals surface area (Å²) in [5.74, 6) is -0.458. The summed E-state index contributed by atoms with van der Waals surface area (Å²) in [5.41, 5.74) is -0.842. The number of ether oxygens (including phenoxy) is 1. The van der Waals surface area contributed by atoms with E-state index in [4.69, 9.17) is 0 Å². The molecule has 0 bridgehead atoms. The van der Waals surface area contributed by atoms with Crippen LogP contribution in [0.15, 0.2) is 4.79 Å². The lowest BCUT2D eigenvalue weighted by molar-refractivity contribution is 0.0588. The third-order valence-electron chi connectivity index (χ3n) is 3.46. The lowest BCUT2D eigenvalue weighted by Crippen LogP contribution is -2.30. The molecule has 0 saturated heterocycles. The Labute approximate surface area is 111 Å². The molecule has 0 fully saturated rings. The zero-order valence-corrected chi connectivity index (χ0v) is 11.2. The van der Waals surface area contributed by atoms with Gasteiger partial charge in [0.15, 0.2) is 5.69 Å². The van der Waals surface area contributed by atoms with Crippen molar-refractivity contribution in [1.82, 2.24) is 9.55 Å². The predicted octanol–water partition coefficient (Wildman–Crippen LogP) is 1.10. The average Bonchev–Trinajstić information content (AvgIpc) is 2.38. The van der Waals surface area contributed by atoms with Crippen LogP contribution in [0.4, 0.5) is 0 Å². The second kappa shape index (κ2) is 5.42. The van der Waals surface area contributed by atoms with Crippen LogP contribution in [0.3, 0.4) is 0 Å². The third-order valence-corrected chi connectivity index (χ3v) is 3.46. The highest BCUT2D eigenvalue weighted by Crippen LogP contribution is 2.19. The summed E-state index contributed by atoms with van der Waals surface area (Å²) in [6.45, 7) is 2.62. The summed E-state index contributed by atoms with van der Waals surface area (Å²) in [4.78, 5) is 27.7. The molecule has 0 saturated carbocycles. The molecule has 1 N–H and O–H groups in total. The molecule has 1 atom stereocenters. The Hall–Kier alpha value is -1.85. The van der Waals surface area contributed by atoms with Crippen molar-refractivity contribution in [2.24, 2.45) is 5.92 Å². The maximum atomic E-state index is 12.1. The molecule has 19 heavy (non-hydrogen) atoms. The maximum Gasteiger partial charge on any atom is 0.360 e. The molecule has 1 aliphatic heterocycles. The van der Waals surface area contributed by atoms with Crippen LogP contribution in [0, 0.1) is 5.92 Å². The van der Waals surface area contributed by atoms with Gasteiger partial charge in [-0.15, -0.1) is 0 Å². The van der Waals surface area contributed by atoms with E-state index >= 15 is 0 Å². The number of carbonyl (C=O) groups is 1. The Morgan fingerprint density at radius 3 is 2.89 bits per heavy atom. The van der Waals surface area contributed by atoms with Crippen LogP contribution < -0.4 is 5.56 Å². The largest absolute Gasteiger partial charge is 0.501 e. The van der Waals surface area contributed by atoms with Gasteiger partial charge in [-0.3, -0.25) is 9.36 Å². The SMILES string of the molecule is COC(=O)c1nc2n(c(=O)c1O)CCCCC(C)C2. The lowest BCUT2D eigenvalue weighted by Gasteiger charge is -2.20. The lowest BCUT2D eigenvalue weighted by atomic mass is 9.98. The van der Waals surface area contributed by atoms with Gasteiger partial charge in [0.05, 0.1) is 7.11 Å². The second-order valence-corrected chi connectivity index (χ2v) is 4.98. The number of nitrogens with zero attached hydrogens (tertiary/aromatic N) is 2. The van der Waals surface area contributed by atoms with Crippen LogP contribution in [0.5, 0.6) is 5.75 Å². The van der Waals surface area contributed by atoms with Crippen LogP contribution >= 0.6 is 0 Å². The van der Waals surface area contributed by atoms with Crippen LogP contribution in [-0.2, 0) is 17.7 Å². The minimum atomic E-state index is -0.785. The highest BCUT2D eigenvalue weighted by atomic mass is 16.5. The maximum absolute atomic E-state index is 12.1. The quantitative estimate of drug-likeness (QED) is 0.770. The normalized spacial score (nSPS) is 19.2. The number of methoxy groups -OCH3 is 1. The highest BCUT2D eigenvalue weighted by molar-refractivity contribution is 5.89. The van der Waals surface area contributed by atoms with Gasteiger partial charge in [-0.25, -0.2) is 9.78 Å². The van der Waals surface area contributed by atoms with E-state index in [-0.39, 0.29) is 5.69 Å². The number of aromatic nitrogens is 2. The minimum Gasteiger partial charge on any atom is -0.501 e. The fourth-order valence-corrected chi connectivity index (χ4v) is 2.39. The molecule has 1 unspecified atom stereocenters. The number of aromatic hydroxyl groups is 1. The van der Waals surface area contributed by atoms with Crippen molar-refractivity contribution in [3.05, 3.63) is 21.9 Å². The topological polar surface area (TPSA) is 81.4 Å². The Balaban J connectivity index is 2.56. The van der Waals surface area contributed by atoms with Crippen molar-refractivity contribution in [3.63, 3.8) is 0 Å². The second-order valence-electron chi connectivity index (χ2n) is 4.98. The van der Waals surface area contributed by atoms with Crippen molar-refractivity contribution in [1.29, 1.82) is 0 Å². The molecule has 1 aromatic heterocycles. The summed E-state index contributed by atoms with van der Waals surface area (Å²) in [5, 5.41) is 9.79. The molecule has 0 aromatic carbocycles. The van der Waals surface area contributed by atoms with Crippen molar-refractivity contribution < 1.29 is 14.6 Å². The van der Waals surface area contributed by atoms with E-state index in [0.717, 1.165) is 19.3 Å². The first-order chi connectivity index (χ1) is 9.04. The third kappa shape index (κ3) is 2.62. The number of hydrogen-bond acceptors (Lipinski definition) is 5. The van der Waals surface area contributed by atoms with Crippen molar-refractivity contribution >= 4 is 5.97 Å². The first-order valence-corrected chi connectivity index (χ1v) is 6.45. The fourth-order valence-electron chi connectivity index (χ4n) is 2.39. The van der Waals surface area contributed by atoms with Gasteiger partial charge in [0.1, 0.15) is 5.82 Å². The monoisotopic (exact) mass is 266 g/mol. The van der Waals surface area contributed by atoms with E-state index in [1.54, 1.807) is 0 Å². The molecule has 1 aliphatic rings. The molecule has 6 nitrogen and oxygen atoms in total. The first kappa shape index (κ1) is 13.6. The molecule has 6 heteroatoms. The fraction of sp³-hybridized carbons (Fsp3) is 0.615. The average molecular weight is 266 g/mol. The minimum absolute atomic E-state index is 0.286. The van der Waals surface area contributed by atoms with Crippen molar-refractivity contribution in [2.75, 3.05) is 7.11 Å². The molecule has 0 spiro atoms. The Kier molecular flexibility index (Phi) is 3.87. The van der Waals surface area contributed by atoms with Crippen molar-refractivity contribution in [2.45, 2.75) is 39.2 Å². The molecular formula is C13H18N2O4. The zero-order chi connectivity index (χ0) is 14.0. The van der Waals surface area contributed by atoms with Gasteiger partial charge in [-0.2, -0.15) is 0 Å². The molecule has 0 radical (unpaired) electrons. The van der Waals surface area contributed by atoms with Gasteiger partial charge >= 0.3 is 5.97 Å². The standard InChI is InChI=1S/C13H18N2O4/c1-8-5-3-4-6-15-9(7-8)14-10(13(18)19-2)11(16)12(15)17/h8,16H,3-7H2,1-2H3. The molecule has 1 aromatic rings. The van der Waals surface area contributed by atoms with E-state index < -0.39 is 17.3 Å². The van der Waals surface area contributed by atoms with Gasteiger partial charge in [-0.1, -0.05) is 19.8 Å². The first-order valence-electron chi connectivity index (χ1n) is 6.45. The summed E-state index contributed by atoms with van der Waals surface area (Å²) < 4.78 is 6.01. The van der Waals surface area contributed by atoms with E-state index in [2.05, 4.69) is 16.6 Å². The van der Waals surface area contributed by atoms with Gasteiger partial charge in [0, 0.05) is 13.0 Å². The van der Waals surface area contributed by atoms with E-state index in [1.807, 2.05) is 0 Å². The van der Waals surface area contributed by atoms with Crippen LogP contribution in [0.25, 0.3) is 0 Å². The highest BCUT2D eigenvalue weighted by Gasteiger charge is 2.23. The number of rotatable bonds is 1. The van der Waals surface area contributed by atoms with Gasteiger partial charge < -0.3 is 9.84 Å². The number of esters is 1. The van der Waals surface area contributed by atoms with Crippen molar-refractivity contribution in [3.8, 4) is 5.75 Å². The molecule has 0 amide bonds.